The summed E-state index contributed by atoms with van der Waals surface area (Å²) in [5.41, 5.74) is 2.23. The number of aromatic nitrogens is 3. The van der Waals surface area contributed by atoms with Crippen molar-refractivity contribution < 1.29 is 9.53 Å². The van der Waals surface area contributed by atoms with E-state index in [1.165, 1.54) is 10.8 Å². The summed E-state index contributed by atoms with van der Waals surface area (Å²) in [6.07, 6.45) is 3.23. The third-order valence-corrected chi connectivity index (χ3v) is 3.08. The normalized spacial score (nSPS) is 11.1. The molecule has 0 saturated heterocycles. The van der Waals surface area contributed by atoms with Crippen LogP contribution in [0.5, 0.6) is 5.75 Å². The minimum absolute atomic E-state index is 0.244. The minimum Gasteiger partial charge on any atom is -0.497 e. The van der Waals surface area contributed by atoms with Crippen LogP contribution in [0.3, 0.4) is 0 Å². The van der Waals surface area contributed by atoms with Gasteiger partial charge in [0.05, 0.1) is 12.6 Å². The van der Waals surface area contributed by atoms with Crippen molar-refractivity contribution in [2.75, 3.05) is 7.11 Å². The summed E-state index contributed by atoms with van der Waals surface area (Å²) < 4.78 is 6.39. The van der Waals surface area contributed by atoms with Crippen LogP contribution in [-0.4, -0.2) is 28.0 Å². The third kappa shape index (κ3) is 2.67. The van der Waals surface area contributed by atoms with Crippen LogP contribution in [0.1, 0.15) is 10.4 Å². The zero-order chi connectivity index (χ0) is 14.7. The molecule has 0 amide bonds. The molecule has 1 heterocycles. The first-order valence-corrected chi connectivity index (χ1v) is 6.45. The van der Waals surface area contributed by atoms with Gasteiger partial charge in [-0.3, -0.25) is 4.79 Å². The van der Waals surface area contributed by atoms with Crippen molar-refractivity contribution in [1.82, 2.24) is 15.0 Å². The van der Waals surface area contributed by atoms with Crippen molar-refractivity contribution in [3.05, 3.63) is 60.2 Å². The van der Waals surface area contributed by atoms with Gasteiger partial charge in [-0.1, -0.05) is 35.5 Å². The number of carbonyl (C=O) groups excluding carboxylic acids is 1. The van der Waals surface area contributed by atoms with Crippen molar-refractivity contribution in [1.29, 1.82) is 0 Å². The molecular formula is C16H13N3O2. The average Bonchev–Trinajstić information content (AvgIpc) is 2.96. The number of carbonyl (C=O) groups is 1. The Balaban J connectivity index is 1.90. The van der Waals surface area contributed by atoms with E-state index < -0.39 is 0 Å². The molecule has 5 heteroatoms. The lowest BCUT2D eigenvalue weighted by Crippen LogP contribution is -2.08. The maximum atomic E-state index is 12.2. The fourth-order valence-corrected chi connectivity index (χ4v) is 2.00. The molecule has 0 bridgehead atoms. The van der Waals surface area contributed by atoms with E-state index in [4.69, 9.17) is 4.74 Å². The van der Waals surface area contributed by atoms with E-state index >= 15 is 0 Å². The first kappa shape index (κ1) is 13.1. The fourth-order valence-electron chi connectivity index (χ4n) is 2.00. The summed E-state index contributed by atoms with van der Waals surface area (Å²) in [7, 11) is 1.58. The molecule has 0 unspecified atom stereocenters. The van der Waals surface area contributed by atoms with Crippen LogP contribution in [0.2, 0.25) is 0 Å². The van der Waals surface area contributed by atoms with Crippen molar-refractivity contribution in [2.45, 2.75) is 0 Å². The molecular weight excluding hydrogens is 266 g/mol. The summed E-state index contributed by atoms with van der Waals surface area (Å²) >= 11 is 0. The lowest BCUT2D eigenvalue weighted by molar-refractivity contribution is 0.0958. The number of methoxy groups -OCH3 is 1. The number of rotatable bonds is 3. The lowest BCUT2D eigenvalue weighted by Gasteiger charge is -1.99. The molecule has 0 N–H and O–H groups in total. The summed E-state index contributed by atoms with van der Waals surface area (Å²) in [6, 6.07) is 14.9. The number of hydrogen-bond acceptors (Lipinski definition) is 4. The van der Waals surface area contributed by atoms with Gasteiger partial charge in [-0.05, 0) is 23.8 Å². The zero-order valence-electron chi connectivity index (χ0n) is 11.4. The Hall–Kier alpha value is -2.95. The highest BCUT2D eigenvalue weighted by atomic mass is 16.5. The number of benzene rings is 2. The van der Waals surface area contributed by atoms with Crippen LogP contribution >= 0.6 is 0 Å². The Morgan fingerprint density at radius 2 is 2.00 bits per heavy atom. The Kier molecular flexibility index (Phi) is 3.47. The maximum absolute atomic E-state index is 12.2. The molecule has 1 aromatic heterocycles. The Morgan fingerprint density at radius 1 is 1.19 bits per heavy atom. The van der Waals surface area contributed by atoms with Gasteiger partial charge in [0.25, 0.3) is 5.91 Å². The second-order valence-corrected chi connectivity index (χ2v) is 4.44. The topological polar surface area (TPSA) is 57.0 Å². The van der Waals surface area contributed by atoms with Crippen molar-refractivity contribution in [2.24, 2.45) is 0 Å². The van der Waals surface area contributed by atoms with Crippen LogP contribution in [-0.2, 0) is 0 Å². The zero-order valence-corrected chi connectivity index (χ0v) is 11.4. The van der Waals surface area contributed by atoms with Crippen LogP contribution in [0, 0.1) is 0 Å². The standard InChI is InChI=1S/C16H13N3O2/c1-21-13-8-9-15-14(11-13)17-18-19(15)16(20)10-7-12-5-3-2-4-6-12/h2-11H,1H3. The van der Waals surface area contributed by atoms with Crippen molar-refractivity contribution in [3.8, 4) is 5.75 Å². The molecule has 3 rings (SSSR count). The van der Waals surface area contributed by atoms with Gasteiger partial charge in [0.2, 0.25) is 0 Å². The lowest BCUT2D eigenvalue weighted by atomic mass is 10.2. The summed E-state index contributed by atoms with van der Waals surface area (Å²) in [6.45, 7) is 0. The van der Waals surface area contributed by atoms with Gasteiger partial charge in [0.15, 0.2) is 0 Å². The van der Waals surface area contributed by atoms with Crippen LogP contribution in [0.4, 0.5) is 0 Å². The molecule has 0 atom stereocenters. The van der Waals surface area contributed by atoms with E-state index in [-0.39, 0.29) is 5.91 Å². The molecule has 2 aromatic carbocycles. The molecule has 21 heavy (non-hydrogen) atoms. The van der Waals surface area contributed by atoms with Gasteiger partial charge in [-0.15, -0.1) is 5.10 Å². The molecule has 104 valence electrons. The SMILES string of the molecule is COc1ccc2c(c1)nnn2C(=O)C=Cc1ccccc1. The van der Waals surface area contributed by atoms with Crippen LogP contribution < -0.4 is 4.74 Å². The molecule has 0 fully saturated rings. The summed E-state index contributed by atoms with van der Waals surface area (Å²) in [4.78, 5) is 12.2. The number of hydrogen-bond donors (Lipinski definition) is 0. The molecule has 3 aromatic rings. The van der Waals surface area contributed by atoms with E-state index in [2.05, 4.69) is 10.3 Å². The third-order valence-electron chi connectivity index (χ3n) is 3.08. The second-order valence-electron chi connectivity index (χ2n) is 4.44. The number of ether oxygens (including phenoxy) is 1. The second kappa shape index (κ2) is 5.58. The van der Waals surface area contributed by atoms with Gasteiger partial charge in [0.1, 0.15) is 11.3 Å². The van der Waals surface area contributed by atoms with Gasteiger partial charge in [-0.2, -0.15) is 4.68 Å². The highest BCUT2D eigenvalue weighted by Crippen LogP contribution is 2.18. The monoisotopic (exact) mass is 279 g/mol. The summed E-state index contributed by atoms with van der Waals surface area (Å²) in [5, 5.41) is 7.87. The van der Waals surface area contributed by atoms with E-state index in [1.54, 1.807) is 31.4 Å². The first-order valence-electron chi connectivity index (χ1n) is 6.45. The van der Waals surface area contributed by atoms with E-state index in [9.17, 15) is 4.79 Å². The van der Waals surface area contributed by atoms with Crippen LogP contribution in [0.15, 0.2) is 54.6 Å². The predicted octanol–water partition coefficient (Wildman–Crippen LogP) is 2.79. The Morgan fingerprint density at radius 3 is 2.76 bits per heavy atom. The highest BCUT2D eigenvalue weighted by Gasteiger charge is 2.10. The Bertz CT molecular complexity index is 807. The van der Waals surface area contributed by atoms with Crippen molar-refractivity contribution in [3.63, 3.8) is 0 Å². The predicted molar refractivity (Wildman–Crippen MR) is 80.2 cm³/mol. The molecule has 0 spiro atoms. The van der Waals surface area contributed by atoms with E-state index in [0.29, 0.717) is 16.8 Å². The first-order chi connectivity index (χ1) is 10.3. The average molecular weight is 279 g/mol. The van der Waals surface area contributed by atoms with Gasteiger partial charge < -0.3 is 4.74 Å². The van der Waals surface area contributed by atoms with Gasteiger partial charge in [0, 0.05) is 12.1 Å². The maximum Gasteiger partial charge on any atom is 0.272 e. The fraction of sp³-hybridized carbons (Fsp3) is 0.0625. The van der Waals surface area contributed by atoms with E-state index in [0.717, 1.165) is 5.56 Å². The Labute approximate surface area is 121 Å². The van der Waals surface area contributed by atoms with Gasteiger partial charge >= 0.3 is 0 Å². The molecule has 0 aliphatic rings. The van der Waals surface area contributed by atoms with Crippen LogP contribution in [0.25, 0.3) is 17.1 Å². The largest absolute Gasteiger partial charge is 0.497 e. The van der Waals surface area contributed by atoms with Crippen molar-refractivity contribution >= 4 is 23.0 Å². The number of nitrogens with zero attached hydrogens (tertiary/aromatic N) is 3. The smallest absolute Gasteiger partial charge is 0.272 e. The highest BCUT2D eigenvalue weighted by molar-refractivity contribution is 5.98. The minimum atomic E-state index is -0.244. The quantitative estimate of drug-likeness (QED) is 0.692. The molecule has 5 nitrogen and oxygen atoms in total. The van der Waals surface area contributed by atoms with Gasteiger partial charge in [-0.25, -0.2) is 0 Å². The number of allylic oxidation sites excluding steroid dienone is 1. The van der Waals surface area contributed by atoms with E-state index in [1.807, 2.05) is 30.3 Å². The molecule has 0 radical (unpaired) electrons. The number of fused-ring (bicyclic) bond motifs is 1. The molecule has 0 saturated carbocycles. The molecule has 0 aliphatic carbocycles. The molecule has 0 aliphatic heterocycles. The summed E-state index contributed by atoms with van der Waals surface area (Å²) in [5.74, 6) is 0.438.